The van der Waals surface area contributed by atoms with Crippen molar-refractivity contribution in [2.45, 2.75) is 20.4 Å². The van der Waals surface area contributed by atoms with Gasteiger partial charge in [0.1, 0.15) is 18.1 Å². The van der Waals surface area contributed by atoms with E-state index in [2.05, 4.69) is 15.4 Å². The van der Waals surface area contributed by atoms with Gasteiger partial charge in [-0.1, -0.05) is 29.8 Å². The Labute approximate surface area is 141 Å². The molecule has 0 fully saturated rings. The molecule has 3 rings (SSSR count). The average molecular weight is 324 g/mol. The van der Waals surface area contributed by atoms with Crippen molar-refractivity contribution in [3.05, 3.63) is 54.1 Å². The molecule has 0 N–H and O–H groups in total. The lowest BCUT2D eigenvalue weighted by Crippen LogP contribution is -2.11. The predicted octanol–water partition coefficient (Wildman–Crippen LogP) is 3.13. The molecule has 0 aliphatic rings. The van der Waals surface area contributed by atoms with Crippen LogP contribution in [0.25, 0.3) is 11.4 Å². The maximum absolute atomic E-state index is 5.69. The maximum atomic E-state index is 5.69. The normalized spacial score (nSPS) is 10.6. The molecule has 1 aromatic heterocycles. The van der Waals surface area contributed by atoms with Crippen molar-refractivity contribution >= 4 is 0 Å². The minimum Gasteiger partial charge on any atom is -0.494 e. The zero-order chi connectivity index (χ0) is 16.8. The molecule has 6 nitrogen and oxygen atoms in total. The number of hydrogen-bond acceptors (Lipinski definition) is 5. The summed E-state index contributed by atoms with van der Waals surface area (Å²) in [4.78, 5) is 1.55. The number of benzene rings is 2. The highest BCUT2D eigenvalue weighted by Gasteiger charge is 2.05. The molecule has 0 atom stereocenters. The fourth-order valence-corrected chi connectivity index (χ4v) is 2.20. The van der Waals surface area contributed by atoms with Gasteiger partial charge in [-0.2, -0.15) is 4.80 Å². The summed E-state index contributed by atoms with van der Waals surface area (Å²) in [5.74, 6) is 2.25. The van der Waals surface area contributed by atoms with Gasteiger partial charge in [-0.3, -0.25) is 0 Å². The molecule has 2 aromatic carbocycles. The minimum absolute atomic E-state index is 0.470. The van der Waals surface area contributed by atoms with E-state index in [0.717, 1.165) is 17.1 Å². The van der Waals surface area contributed by atoms with E-state index in [0.29, 0.717) is 25.6 Å². The Balaban J connectivity index is 1.53. The smallest absolute Gasteiger partial charge is 0.204 e. The van der Waals surface area contributed by atoms with Gasteiger partial charge in [0, 0.05) is 5.56 Å². The van der Waals surface area contributed by atoms with Crippen LogP contribution in [0.5, 0.6) is 11.5 Å². The van der Waals surface area contributed by atoms with E-state index < -0.39 is 0 Å². The summed E-state index contributed by atoms with van der Waals surface area (Å²) in [7, 11) is 0. The standard InChI is InChI=1S/C18H20N4O2/c1-3-23-16-8-10-17(11-9-16)24-13-12-22-20-18(19-21-22)15-6-4-14(2)5-7-15/h4-11H,3,12-13H2,1-2H3. The van der Waals surface area contributed by atoms with Gasteiger partial charge in [0.15, 0.2) is 0 Å². The van der Waals surface area contributed by atoms with Crippen molar-refractivity contribution < 1.29 is 9.47 Å². The van der Waals surface area contributed by atoms with Gasteiger partial charge in [-0.15, -0.1) is 10.2 Å². The Morgan fingerprint density at radius 3 is 2.25 bits per heavy atom. The number of aryl methyl sites for hydroxylation is 1. The molecule has 0 saturated carbocycles. The van der Waals surface area contributed by atoms with E-state index in [1.807, 2.05) is 62.4 Å². The van der Waals surface area contributed by atoms with Crippen molar-refractivity contribution in [1.29, 1.82) is 0 Å². The Hall–Kier alpha value is -2.89. The monoisotopic (exact) mass is 324 g/mol. The summed E-state index contributed by atoms with van der Waals surface area (Å²) in [5, 5.41) is 12.5. The predicted molar refractivity (Wildman–Crippen MR) is 91.1 cm³/mol. The fraction of sp³-hybridized carbons (Fsp3) is 0.278. The second-order valence-electron chi connectivity index (χ2n) is 5.33. The van der Waals surface area contributed by atoms with Crippen LogP contribution in [0.15, 0.2) is 48.5 Å². The molecule has 0 unspecified atom stereocenters. The number of ether oxygens (including phenoxy) is 2. The van der Waals surface area contributed by atoms with Crippen LogP contribution in [0, 0.1) is 6.92 Å². The third kappa shape index (κ3) is 4.10. The molecule has 24 heavy (non-hydrogen) atoms. The van der Waals surface area contributed by atoms with Crippen LogP contribution in [0.3, 0.4) is 0 Å². The van der Waals surface area contributed by atoms with E-state index in [-0.39, 0.29) is 0 Å². The molecule has 1 heterocycles. The molecule has 0 aliphatic heterocycles. The molecule has 0 saturated heterocycles. The SMILES string of the molecule is CCOc1ccc(OCCn2nnc(-c3ccc(C)cc3)n2)cc1. The lowest BCUT2D eigenvalue weighted by atomic mass is 10.1. The van der Waals surface area contributed by atoms with Crippen molar-refractivity contribution in [3.63, 3.8) is 0 Å². The number of nitrogens with zero attached hydrogens (tertiary/aromatic N) is 4. The van der Waals surface area contributed by atoms with Gasteiger partial charge in [-0.25, -0.2) is 0 Å². The Kier molecular flexibility index (Phi) is 5.05. The summed E-state index contributed by atoms with van der Waals surface area (Å²) in [6, 6.07) is 15.6. The Bertz CT molecular complexity index is 766. The van der Waals surface area contributed by atoms with Crippen LogP contribution >= 0.6 is 0 Å². The zero-order valence-corrected chi connectivity index (χ0v) is 13.8. The summed E-state index contributed by atoms with van der Waals surface area (Å²) in [6.45, 7) is 5.66. The van der Waals surface area contributed by atoms with Gasteiger partial charge in [0.2, 0.25) is 5.82 Å². The van der Waals surface area contributed by atoms with E-state index in [1.54, 1.807) is 4.80 Å². The molecule has 0 amide bonds. The zero-order valence-electron chi connectivity index (χ0n) is 13.8. The van der Waals surface area contributed by atoms with Crippen LogP contribution in [0.1, 0.15) is 12.5 Å². The first-order valence-corrected chi connectivity index (χ1v) is 7.95. The van der Waals surface area contributed by atoms with E-state index >= 15 is 0 Å². The summed E-state index contributed by atoms with van der Waals surface area (Å²) in [6.07, 6.45) is 0. The largest absolute Gasteiger partial charge is 0.494 e. The van der Waals surface area contributed by atoms with Crippen molar-refractivity contribution in [2.24, 2.45) is 0 Å². The number of rotatable bonds is 7. The van der Waals surface area contributed by atoms with Gasteiger partial charge >= 0.3 is 0 Å². The molecule has 0 radical (unpaired) electrons. The van der Waals surface area contributed by atoms with Crippen LogP contribution < -0.4 is 9.47 Å². The van der Waals surface area contributed by atoms with Gasteiger partial charge in [0.25, 0.3) is 0 Å². The first-order valence-electron chi connectivity index (χ1n) is 7.95. The Morgan fingerprint density at radius 1 is 0.917 bits per heavy atom. The minimum atomic E-state index is 0.470. The average Bonchev–Trinajstić information content (AvgIpc) is 3.06. The highest BCUT2D eigenvalue weighted by Crippen LogP contribution is 2.17. The summed E-state index contributed by atoms with van der Waals surface area (Å²) < 4.78 is 11.1. The van der Waals surface area contributed by atoms with E-state index in [1.165, 1.54) is 5.56 Å². The molecule has 3 aromatic rings. The van der Waals surface area contributed by atoms with E-state index in [9.17, 15) is 0 Å². The molecular formula is C18H20N4O2. The molecule has 0 spiro atoms. The van der Waals surface area contributed by atoms with Crippen molar-refractivity contribution in [1.82, 2.24) is 20.2 Å². The third-order valence-corrected chi connectivity index (χ3v) is 3.46. The van der Waals surface area contributed by atoms with Gasteiger partial charge < -0.3 is 9.47 Å². The first-order chi connectivity index (χ1) is 11.7. The molecule has 6 heteroatoms. The Morgan fingerprint density at radius 2 is 1.58 bits per heavy atom. The number of hydrogen-bond donors (Lipinski definition) is 0. The number of aromatic nitrogens is 4. The third-order valence-electron chi connectivity index (χ3n) is 3.46. The van der Waals surface area contributed by atoms with Crippen LogP contribution in [-0.2, 0) is 6.54 Å². The fourth-order valence-electron chi connectivity index (χ4n) is 2.20. The highest BCUT2D eigenvalue weighted by molar-refractivity contribution is 5.53. The number of tetrazole rings is 1. The highest BCUT2D eigenvalue weighted by atomic mass is 16.5. The van der Waals surface area contributed by atoms with Crippen LogP contribution in [0.2, 0.25) is 0 Å². The van der Waals surface area contributed by atoms with Gasteiger partial charge in [0.05, 0.1) is 13.2 Å². The van der Waals surface area contributed by atoms with Crippen LogP contribution in [-0.4, -0.2) is 33.4 Å². The second-order valence-corrected chi connectivity index (χ2v) is 5.33. The second kappa shape index (κ2) is 7.59. The van der Waals surface area contributed by atoms with Crippen LogP contribution in [0.4, 0.5) is 0 Å². The van der Waals surface area contributed by atoms with Gasteiger partial charge in [-0.05, 0) is 43.3 Å². The van der Waals surface area contributed by atoms with Crippen molar-refractivity contribution in [3.8, 4) is 22.9 Å². The first kappa shape index (κ1) is 16.0. The summed E-state index contributed by atoms with van der Waals surface area (Å²) in [5.41, 5.74) is 2.16. The molecule has 124 valence electrons. The van der Waals surface area contributed by atoms with Crippen molar-refractivity contribution in [2.75, 3.05) is 13.2 Å². The maximum Gasteiger partial charge on any atom is 0.204 e. The summed E-state index contributed by atoms with van der Waals surface area (Å²) >= 11 is 0. The quantitative estimate of drug-likeness (QED) is 0.668. The molecular weight excluding hydrogens is 304 g/mol. The topological polar surface area (TPSA) is 62.1 Å². The van der Waals surface area contributed by atoms with E-state index in [4.69, 9.17) is 9.47 Å². The molecule has 0 bridgehead atoms. The lowest BCUT2D eigenvalue weighted by molar-refractivity contribution is 0.279. The molecule has 0 aliphatic carbocycles. The lowest BCUT2D eigenvalue weighted by Gasteiger charge is -2.07.